The van der Waals surface area contributed by atoms with Crippen LogP contribution in [0.1, 0.15) is 16.7 Å². The number of hydrogen-bond donors (Lipinski definition) is 1. The summed E-state index contributed by atoms with van der Waals surface area (Å²) in [6.45, 7) is 2.07. The summed E-state index contributed by atoms with van der Waals surface area (Å²) >= 11 is 4.46. The van der Waals surface area contributed by atoms with E-state index in [2.05, 4.69) is 51.9 Å². The highest BCUT2D eigenvalue weighted by Gasteiger charge is 2.09. The Bertz CT molecular complexity index is 1040. The minimum absolute atomic E-state index is 0.203. The van der Waals surface area contributed by atoms with Crippen molar-refractivity contribution in [2.75, 3.05) is 20.0 Å². The van der Waals surface area contributed by atoms with Gasteiger partial charge in [-0.15, -0.1) is 10.2 Å². The number of aromatic nitrogens is 2. The fourth-order valence-electron chi connectivity index (χ4n) is 2.40. The van der Waals surface area contributed by atoms with Gasteiger partial charge in [0.15, 0.2) is 8.68 Å². The normalized spacial score (nSPS) is 10.9. The van der Waals surface area contributed by atoms with Crippen LogP contribution in [0.4, 0.5) is 0 Å². The molecule has 0 spiro atoms. The highest BCUT2D eigenvalue weighted by Crippen LogP contribution is 2.30. The number of ether oxygens (including phenoxy) is 2. The molecule has 1 heterocycles. The Labute approximate surface area is 193 Å². The van der Waals surface area contributed by atoms with E-state index >= 15 is 0 Å². The van der Waals surface area contributed by atoms with Crippen molar-refractivity contribution in [1.82, 2.24) is 15.6 Å². The monoisotopic (exact) mass is 474 g/mol. The van der Waals surface area contributed by atoms with Gasteiger partial charge in [-0.2, -0.15) is 5.10 Å². The number of nitrogens with zero attached hydrogens (tertiary/aromatic N) is 3. The van der Waals surface area contributed by atoms with Crippen molar-refractivity contribution in [2.45, 2.75) is 21.4 Å². The zero-order chi connectivity index (χ0) is 22.1. The number of amides is 1. The Balaban J connectivity index is 1.43. The topological polar surface area (TPSA) is 85.7 Å². The van der Waals surface area contributed by atoms with Gasteiger partial charge in [0, 0.05) is 17.4 Å². The lowest BCUT2D eigenvalue weighted by atomic mass is 10.2. The van der Waals surface area contributed by atoms with Gasteiger partial charge in [0.05, 0.1) is 26.2 Å². The molecule has 7 nitrogen and oxygen atoms in total. The maximum Gasteiger partial charge on any atom is 0.250 e. The van der Waals surface area contributed by atoms with Gasteiger partial charge >= 0.3 is 0 Å². The van der Waals surface area contributed by atoms with Gasteiger partial charge in [-0.25, -0.2) is 5.43 Å². The molecule has 0 fully saturated rings. The Hall–Kier alpha value is -2.56. The van der Waals surface area contributed by atoms with E-state index in [1.165, 1.54) is 40.4 Å². The van der Waals surface area contributed by atoms with Gasteiger partial charge in [-0.3, -0.25) is 4.79 Å². The summed E-state index contributed by atoms with van der Waals surface area (Å²) in [5.74, 6) is 2.11. The summed E-state index contributed by atoms with van der Waals surface area (Å²) in [6.07, 6.45) is 1.53. The fourth-order valence-corrected chi connectivity index (χ4v) is 5.17. The van der Waals surface area contributed by atoms with Crippen molar-refractivity contribution < 1.29 is 14.3 Å². The molecule has 0 atom stereocenters. The molecule has 0 radical (unpaired) electrons. The van der Waals surface area contributed by atoms with Crippen LogP contribution in [0.3, 0.4) is 0 Å². The van der Waals surface area contributed by atoms with E-state index in [0.29, 0.717) is 11.5 Å². The average molecular weight is 475 g/mol. The second-order valence-corrected chi connectivity index (χ2v) is 9.72. The highest BCUT2D eigenvalue weighted by molar-refractivity contribution is 8.03. The molecule has 0 saturated carbocycles. The number of benzene rings is 2. The molecule has 1 aromatic heterocycles. The van der Waals surface area contributed by atoms with E-state index in [9.17, 15) is 4.79 Å². The van der Waals surface area contributed by atoms with Crippen molar-refractivity contribution in [3.05, 3.63) is 59.2 Å². The minimum atomic E-state index is -0.224. The number of rotatable bonds is 10. The number of carbonyl (C=O) groups excluding carboxylic acids is 1. The zero-order valence-electron chi connectivity index (χ0n) is 17.3. The Kier molecular flexibility index (Phi) is 8.74. The number of hydrogen-bond acceptors (Lipinski definition) is 9. The summed E-state index contributed by atoms with van der Waals surface area (Å²) < 4.78 is 12.1. The standard InChI is InChI=1S/C21H22N4O3S3/c1-14-4-6-15(7-5-14)12-29-20-24-25-21(31-20)30-13-19(26)23-22-11-16-8-9-17(27-2)10-18(16)28-3/h4-11H,12-13H2,1-3H3,(H,23,26)/b22-11+. The van der Waals surface area contributed by atoms with Crippen LogP contribution in [-0.4, -0.2) is 42.3 Å². The molecule has 10 heteroatoms. The van der Waals surface area contributed by atoms with Crippen LogP contribution in [0, 0.1) is 6.92 Å². The van der Waals surface area contributed by atoms with Crippen molar-refractivity contribution in [1.29, 1.82) is 0 Å². The van der Waals surface area contributed by atoms with Gasteiger partial charge < -0.3 is 9.47 Å². The van der Waals surface area contributed by atoms with E-state index in [0.717, 1.165) is 20.0 Å². The van der Waals surface area contributed by atoms with Crippen LogP contribution in [0.5, 0.6) is 11.5 Å². The summed E-state index contributed by atoms with van der Waals surface area (Å²) in [4.78, 5) is 12.1. The molecule has 31 heavy (non-hydrogen) atoms. The first-order valence-electron chi connectivity index (χ1n) is 9.26. The molecule has 0 bridgehead atoms. The largest absolute Gasteiger partial charge is 0.497 e. The summed E-state index contributed by atoms with van der Waals surface area (Å²) in [5.41, 5.74) is 5.73. The maximum absolute atomic E-state index is 12.1. The molecular formula is C21H22N4O3S3. The first kappa shape index (κ1) is 23.1. The van der Waals surface area contributed by atoms with E-state index in [1.54, 1.807) is 44.2 Å². The number of hydrazone groups is 1. The molecule has 1 amide bonds. The van der Waals surface area contributed by atoms with Crippen molar-refractivity contribution >= 4 is 47.0 Å². The van der Waals surface area contributed by atoms with Crippen molar-refractivity contribution in [3.8, 4) is 11.5 Å². The Morgan fingerprint density at radius 3 is 2.55 bits per heavy atom. The molecule has 162 valence electrons. The second-order valence-electron chi connectivity index (χ2n) is 6.30. The molecule has 3 rings (SSSR count). The molecule has 0 aliphatic heterocycles. The van der Waals surface area contributed by atoms with Gasteiger partial charge in [0.2, 0.25) is 0 Å². The van der Waals surface area contributed by atoms with Gasteiger partial charge in [0.25, 0.3) is 5.91 Å². The minimum Gasteiger partial charge on any atom is -0.497 e. The van der Waals surface area contributed by atoms with Gasteiger partial charge in [-0.1, -0.05) is 64.7 Å². The first-order chi connectivity index (χ1) is 15.1. The van der Waals surface area contributed by atoms with Crippen LogP contribution in [0.2, 0.25) is 0 Å². The van der Waals surface area contributed by atoms with E-state index < -0.39 is 0 Å². The molecule has 0 aliphatic rings. The summed E-state index contributed by atoms with van der Waals surface area (Å²) in [7, 11) is 3.15. The Morgan fingerprint density at radius 1 is 1.10 bits per heavy atom. The molecule has 2 aromatic carbocycles. The number of methoxy groups -OCH3 is 2. The zero-order valence-corrected chi connectivity index (χ0v) is 19.8. The van der Waals surface area contributed by atoms with Crippen LogP contribution < -0.4 is 14.9 Å². The maximum atomic E-state index is 12.1. The third kappa shape index (κ3) is 7.27. The second kappa shape index (κ2) is 11.7. The third-order valence-electron chi connectivity index (χ3n) is 4.03. The van der Waals surface area contributed by atoms with Crippen LogP contribution in [0.15, 0.2) is 56.2 Å². The average Bonchev–Trinajstić information content (AvgIpc) is 3.25. The van der Waals surface area contributed by atoms with Crippen molar-refractivity contribution in [3.63, 3.8) is 0 Å². The summed E-state index contributed by atoms with van der Waals surface area (Å²) in [5, 5.41) is 12.3. The molecule has 0 aliphatic carbocycles. The van der Waals surface area contributed by atoms with Crippen LogP contribution >= 0.6 is 34.9 Å². The fraction of sp³-hybridized carbons (Fsp3) is 0.238. The quantitative estimate of drug-likeness (QED) is 0.265. The van der Waals surface area contributed by atoms with Gasteiger partial charge in [0.1, 0.15) is 11.5 Å². The number of thioether (sulfide) groups is 2. The predicted octanol–water partition coefficient (Wildman–Crippen LogP) is 4.40. The lowest BCUT2D eigenvalue weighted by Crippen LogP contribution is -2.19. The SMILES string of the molecule is COc1ccc(/C=N/NC(=O)CSc2nnc(SCc3ccc(C)cc3)s2)c(OC)c1. The Morgan fingerprint density at radius 2 is 1.84 bits per heavy atom. The van der Waals surface area contributed by atoms with E-state index in [1.807, 2.05) is 0 Å². The third-order valence-corrected chi connectivity index (χ3v) is 7.29. The first-order valence-corrected chi connectivity index (χ1v) is 12.0. The molecule has 3 aromatic rings. The number of nitrogens with one attached hydrogen (secondary N) is 1. The van der Waals surface area contributed by atoms with Crippen LogP contribution in [-0.2, 0) is 10.5 Å². The molecule has 0 saturated heterocycles. The lowest BCUT2D eigenvalue weighted by molar-refractivity contribution is -0.118. The van der Waals surface area contributed by atoms with Gasteiger partial charge in [-0.05, 0) is 24.6 Å². The smallest absolute Gasteiger partial charge is 0.250 e. The molecule has 0 unspecified atom stereocenters. The lowest BCUT2D eigenvalue weighted by Gasteiger charge is -2.06. The van der Waals surface area contributed by atoms with E-state index in [-0.39, 0.29) is 11.7 Å². The van der Waals surface area contributed by atoms with Crippen LogP contribution in [0.25, 0.3) is 0 Å². The predicted molar refractivity (Wildman–Crippen MR) is 127 cm³/mol. The highest BCUT2D eigenvalue weighted by atomic mass is 32.2. The number of aryl methyl sites for hydroxylation is 1. The van der Waals surface area contributed by atoms with E-state index in [4.69, 9.17) is 9.47 Å². The molecular weight excluding hydrogens is 452 g/mol. The molecule has 1 N–H and O–H groups in total. The number of carbonyl (C=O) groups is 1. The summed E-state index contributed by atoms with van der Waals surface area (Å²) in [6, 6.07) is 13.8. The van der Waals surface area contributed by atoms with Crippen molar-refractivity contribution in [2.24, 2.45) is 5.10 Å².